The molecule has 0 aliphatic rings. The Morgan fingerprint density at radius 1 is 0.585 bits per heavy atom. The first kappa shape index (κ1) is 23.1. The van der Waals surface area contributed by atoms with E-state index < -0.39 is 0 Å². The van der Waals surface area contributed by atoms with Crippen molar-refractivity contribution < 1.29 is 0 Å². The maximum Gasteiger partial charge on any atom is 0.264 e. The molecule has 0 saturated carbocycles. The maximum atomic E-state index is 14.4. The van der Waals surface area contributed by atoms with E-state index in [2.05, 4.69) is 42.5 Å². The number of imidazole rings is 1. The first-order valence-electron chi connectivity index (χ1n) is 13.5. The van der Waals surface area contributed by atoms with E-state index in [1.165, 1.54) is 0 Å². The molecule has 190 valence electrons. The molecule has 0 N–H and O–H groups in total. The maximum absolute atomic E-state index is 14.4. The standard InChI is InChI=1S/C37H21N3O/c38-22-26-16-17-29-34-30(19-18-28(33(26)34)24-12-6-2-7-13-24)37(41)40-35-31(25-14-8-3-9-15-25)20-27(21-32(35)39-36(29)40)23-10-4-1-5-11-23/h1-21H. The lowest BCUT2D eigenvalue weighted by Crippen LogP contribution is -2.14. The fourth-order valence-electron chi connectivity index (χ4n) is 6.15. The minimum atomic E-state index is -0.139. The van der Waals surface area contributed by atoms with E-state index in [0.29, 0.717) is 16.6 Å². The minimum absolute atomic E-state index is 0.139. The van der Waals surface area contributed by atoms with E-state index in [-0.39, 0.29) is 5.56 Å². The fraction of sp³-hybridized carbons (Fsp3) is 0. The van der Waals surface area contributed by atoms with Crippen LogP contribution >= 0.6 is 0 Å². The molecule has 0 amide bonds. The van der Waals surface area contributed by atoms with E-state index in [9.17, 15) is 10.1 Å². The van der Waals surface area contributed by atoms with Crippen molar-refractivity contribution in [3.8, 4) is 39.4 Å². The summed E-state index contributed by atoms with van der Waals surface area (Å²) in [7, 11) is 0. The van der Waals surface area contributed by atoms with Crippen LogP contribution in [0.15, 0.2) is 132 Å². The molecule has 4 heteroatoms. The van der Waals surface area contributed by atoms with E-state index in [1.54, 1.807) is 4.40 Å². The molecule has 0 unspecified atom stereocenters. The Morgan fingerprint density at radius 3 is 1.85 bits per heavy atom. The summed E-state index contributed by atoms with van der Waals surface area (Å²) in [6.07, 6.45) is 0. The third-order valence-corrected chi connectivity index (χ3v) is 7.98. The molecule has 0 fully saturated rings. The second-order valence-electron chi connectivity index (χ2n) is 10.2. The zero-order valence-corrected chi connectivity index (χ0v) is 21.9. The number of rotatable bonds is 3. The Hall–Kier alpha value is -5.79. The van der Waals surface area contributed by atoms with E-state index in [1.807, 2.05) is 91.0 Å². The van der Waals surface area contributed by atoms with E-state index >= 15 is 0 Å². The van der Waals surface area contributed by atoms with Crippen LogP contribution in [-0.4, -0.2) is 9.38 Å². The molecule has 2 heterocycles. The molecule has 0 radical (unpaired) electrons. The van der Waals surface area contributed by atoms with Gasteiger partial charge in [-0.25, -0.2) is 4.98 Å². The van der Waals surface area contributed by atoms with Gasteiger partial charge in [0.2, 0.25) is 0 Å². The number of hydrogen-bond donors (Lipinski definition) is 0. The summed E-state index contributed by atoms with van der Waals surface area (Å²) in [5.41, 5.74) is 8.54. The summed E-state index contributed by atoms with van der Waals surface area (Å²) < 4.78 is 1.76. The van der Waals surface area contributed by atoms with Crippen molar-refractivity contribution in [2.24, 2.45) is 0 Å². The van der Waals surface area contributed by atoms with Crippen molar-refractivity contribution in [1.29, 1.82) is 5.26 Å². The average Bonchev–Trinajstić information content (AvgIpc) is 3.44. The zero-order chi connectivity index (χ0) is 27.5. The van der Waals surface area contributed by atoms with Crippen LogP contribution < -0.4 is 5.56 Å². The smallest absolute Gasteiger partial charge is 0.264 e. The molecule has 4 nitrogen and oxygen atoms in total. The Bertz CT molecular complexity index is 2370. The zero-order valence-electron chi connectivity index (χ0n) is 21.9. The number of nitrogens with zero attached hydrogens (tertiary/aromatic N) is 3. The first-order valence-corrected chi connectivity index (χ1v) is 13.5. The molecule has 6 aromatic carbocycles. The Morgan fingerprint density at radius 2 is 1.20 bits per heavy atom. The third kappa shape index (κ3) is 3.40. The van der Waals surface area contributed by atoms with Gasteiger partial charge in [-0.1, -0.05) is 97.1 Å². The molecule has 41 heavy (non-hydrogen) atoms. The Balaban J connectivity index is 1.56. The van der Waals surface area contributed by atoms with Crippen LogP contribution in [0, 0.1) is 11.3 Å². The van der Waals surface area contributed by atoms with Crippen molar-refractivity contribution in [3.63, 3.8) is 0 Å². The van der Waals surface area contributed by atoms with Gasteiger partial charge in [-0.05, 0) is 58.1 Å². The van der Waals surface area contributed by atoms with Crippen LogP contribution in [0.1, 0.15) is 5.56 Å². The molecule has 0 atom stereocenters. The molecule has 0 aliphatic carbocycles. The SMILES string of the molecule is N#Cc1ccc2c3c1c(-c1ccccc1)ccc3c(=O)n1c2nc2cc(-c3ccccc3)cc(-c3ccccc3)c21. The number of pyridine rings is 1. The second kappa shape index (κ2) is 8.87. The number of fused-ring (bicyclic) bond motifs is 4. The van der Waals surface area contributed by atoms with E-state index in [0.717, 1.165) is 60.6 Å². The lowest BCUT2D eigenvalue weighted by atomic mass is 9.91. The van der Waals surface area contributed by atoms with Crippen LogP contribution in [0.5, 0.6) is 0 Å². The van der Waals surface area contributed by atoms with Crippen molar-refractivity contribution in [2.75, 3.05) is 0 Å². The summed E-state index contributed by atoms with van der Waals surface area (Å²) in [5, 5.41) is 13.1. The highest BCUT2D eigenvalue weighted by molar-refractivity contribution is 6.21. The molecule has 8 rings (SSSR count). The second-order valence-corrected chi connectivity index (χ2v) is 10.2. The van der Waals surface area contributed by atoms with Gasteiger partial charge in [0.25, 0.3) is 5.56 Å². The van der Waals surface area contributed by atoms with Gasteiger partial charge in [0.1, 0.15) is 5.65 Å². The predicted octanol–water partition coefficient (Wildman–Crippen LogP) is 8.46. The number of aromatic nitrogens is 2. The molecule has 0 saturated heterocycles. The lowest BCUT2D eigenvalue weighted by molar-refractivity contribution is 1.19. The van der Waals surface area contributed by atoms with Crippen LogP contribution in [-0.2, 0) is 0 Å². The van der Waals surface area contributed by atoms with Crippen LogP contribution in [0.3, 0.4) is 0 Å². The highest BCUT2D eigenvalue weighted by Gasteiger charge is 2.22. The predicted molar refractivity (Wildman–Crippen MR) is 166 cm³/mol. The monoisotopic (exact) mass is 523 g/mol. The molecule has 2 aromatic heterocycles. The van der Waals surface area contributed by atoms with Crippen molar-refractivity contribution in [2.45, 2.75) is 0 Å². The molecule has 0 bridgehead atoms. The van der Waals surface area contributed by atoms with Gasteiger partial charge in [-0.2, -0.15) is 5.26 Å². The average molecular weight is 524 g/mol. The third-order valence-electron chi connectivity index (χ3n) is 7.98. The summed E-state index contributed by atoms with van der Waals surface area (Å²) in [5.74, 6) is 0. The number of nitriles is 1. The summed E-state index contributed by atoms with van der Waals surface area (Å²) in [4.78, 5) is 19.5. The summed E-state index contributed by atoms with van der Waals surface area (Å²) >= 11 is 0. The van der Waals surface area contributed by atoms with Gasteiger partial charge in [0, 0.05) is 27.1 Å². The molecular weight excluding hydrogens is 502 g/mol. The van der Waals surface area contributed by atoms with Crippen LogP contribution in [0.25, 0.3) is 71.6 Å². The largest absolute Gasteiger partial charge is 0.268 e. The fourth-order valence-corrected chi connectivity index (χ4v) is 6.15. The minimum Gasteiger partial charge on any atom is -0.268 e. The van der Waals surface area contributed by atoms with Crippen LogP contribution in [0.2, 0.25) is 0 Å². The highest BCUT2D eigenvalue weighted by atomic mass is 16.1. The van der Waals surface area contributed by atoms with Gasteiger partial charge in [-0.15, -0.1) is 0 Å². The molecule has 0 spiro atoms. The van der Waals surface area contributed by atoms with Gasteiger partial charge in [0.05, 0.1) is 22.7 Å². The normalized spacial score (nSPS) is 11.5. The Labute approximate surface area is 235 Å². The summed E-state index contributed by atoms with van der Waals surface area (Å²) in [6, 6.07) is 44.6. The number of hydrogen-bond acceptors (Lipinski definition) is 3. The van der Waals surface area contributed by atoms with Gasteiger partial charge >= 0.3 is 0 Å². The van der Waals surface area contributed by atoms with Gasteiger partial charge in [0.15, 0.2) is 0 Å². The van der Waals surface area contributed by atoms with Gasteiger partial charge in [-0.3, -0.25) is 9.20 Å². The Kier molecular flexibility index (Phi) is 5.01. The summed E-state index contributed by atoms with van der Waals surface area (Å²) in [6.45, 7) is 0. The first-order chi connectivity index (χ1) is 20.2. The van der Waals surface area contributed by atoms with Crippen molar-refractivity contribution in [3.05, 3.63) is 143 Å². The highest BCUT2D eigenvalue weighted by Crippen LogP contribution is 2.40. The van der Waals surface area contributed by atoms with Gasteiger partial charge < -0.3 is 0 Å². The van der Waals surface area contributed by atoms with Crippen molar-refractivity contribution in [1.82, 2.24) is 9.38 Å². The van der Waals surface area contributed by atoms with E-state index in [4.69, 9.17) is 4.98 Å². The molecular formula is C37H21N3O. The molecule has 0 aliphatic heterocycles. The van der Waals surface area contributed by atoms with Crippen molar-refractivity contribution >= 4 is 38.2 Å². The topological polar surface area (TPSA) is 58.2 Å². The quantitative estimate of drug-likeness (QED) is 0.233. The lowest BCUT2D eigenvalue weighted by Gasteiger charge is -2.14. The molecule has 8 aromatic rings. The van der Waals surface area contributed by atoms with Crippen LogP contribution in [0.4, 0.5) is 0 Å². The number of benzene rings is 6.